The summed E-state index contributed by atoms with van der Waals surface area (Å²) in [6, 6.07) is -0.552. The first-order valence-corrected chi connectivity index (χ1v) is 5.63. The molecular weight excluding hydrogens is 240 g/mol. The molecule has 1 fully saturated rings. The van der Waals surface area contributed by atoms with Gasteiger partial charge in [-0.05, 0) is 19.4 Å². The molecule has 1 aliphatic heterocycles. The van der Waals surface area contributed by atoms with Crippen LogP contribution in [0, 0.1) is 6.92 Å². The number of carboxylic acids is 1. The van der Waals surface area contributed by atoms with Gasteiger partial charge < -0.3 is 9.52 Å². The Kier molecular flexibility index (Phi) is 3.56. The first kappa shape index (κ1) is 12.5. The van der Waals surface area contributed by atoms with Gasteiger partial charge in [0, 0.05) is 6.92 Å². The highest BCUT2D eigenvalue weighted by molar-refractivity contribution is 5.90. The van der Waals surface area contributed by atoms with E-state index in [1.807, 2.05) is 0 Å². The fourth-order valence-corrected chi connectivity index (χ4v) is 1.99. The largest absolute Gasteiger partial charge is 0.480 e. The maximum Gasteiger partial charge on any atom is 0.322 e. The molecule has 2 rings (SSSR count). The van der Waals surface area contributed by atoms with Gasteiger partial charge in [0.2, 0.25) is 11.8 Å². The number of nitrogens with one attached hydrogen (secondary N) is 1. The highest BCUT2D eigenvalue weighted by Gasteiger charge is 2.31. The van der Waals surface area contributed by atoms with Gasteiger partial charge in [-0.2, -0.15) is 0 Å². The summed E-state index contributed by atoms with van der Waals surface area (Å²) in [6.07, 6.45) is 1.35. The van der Waals surface area contributed by atoms with Gasteiger partial charge >= 0.3 is 12.0 Å². The second-order valence-electron chi connectivity index (χ2n) is 4.14. The molecule has 0 spiro atoms. The fraction of sp³-hybridized carbons (Fsp3) is 0.600. The van der Waals surface area contributed by atoms with Gasteiger partial charge in [0.15, 0.2) is 0 Å². The molecule has 0 aromatic carbocycles. The van der Waals surface area contributed by atoms with Crippen molar-refractivity contribution in [2.45, 2.75) is 25.8 Å². The molecule has 0 saturated carbocycles. The smallest absolute Gasteiger partial charge is 0.322 e. The quantitative estimate of drug-likeness (QED) is 0.770. The monoisotopic (exact) mass is 254 g/mol. The molecule has 1 aliphatic rings. The van der Waals surface area contributed by atoms with E-state index < -0.39 is 12.0 Å². The third kappa shape index (κ3) is 2.83. The van der Waals surface area contributed by atoms with E-state index in [1.165, 1.54) is 0 Å². The van der Waals surface area contributed by atoms with Gasteiger partial charge in [-0.3, -0.25) is 19.8 Å². The van der Waals surface area contributed by atoms with Gasteiger partial charge in [-0.1, -0.05) is 5.10 Å². The van der Waals surface area contributed by atoms with Crippen LogP contribution in [0.3, 0.4) is 0 Å². The lowest BCUT2D eigenvalue weighted by Gasteiger charge is -2.19. The molecule has 1 unspecified atom stereocenters. The average Bonchev–Trinajstić information content (AvgIpc) is 2.87. The summed E-state index contributed by atoms with van der Waals surface area (Å²) >= 11 is 0. The topological polar surface area (TPSA) is 109 Å². The normalized spacial score (nSPS) is 19.9. The van der Waals surface area contributed by atoms with Gasteiger partial charge in [-0.15, -0.1) is 5.10 Å². The number of aliphatic carboxylic acids is 1. The maximum atomic E-state index is 11.7. The predicted molar refractivity (Wildman–Crippen MR) is 59.9 cm³/mol. The van der Waals surface area contributed by atoms with E-state index in [4.69, 9.17) is 9.52 Å². The van der Waals surface area contributed by atoms with Crippen molar-refractivity contribution in [3.05, 3.63) is 5.89 Å². The number of carboxylic acid groups (broad SMARTS) is 1. The van der Waals surface area contributed by atoms with Crippen LogP contribution in [-0.4, -0.2) is 51.2 Å². The summed E-state index contributed by atoms with van der Waals surface area (Å²) in [4.78, 5) is 24.2. The van der Waals surface area contributed by atoms with E-state index in [0.29, 0.717) is 18.9 Å². The van der Waals surface area contributed by atoms with Crippen molar-refractivity contribution in [3.8, 4) is 0 Å². The molecule has 1 aromatic rings. The van der Waals surface area contributed by atoms with E-state index in [9.17, 15) is 9.59 Å². The number of likely N-dealkylation sites (tertiary alicyclic amines) is 1. The van der Waals surface area contributed by atoms with Crippen LogP contribution in [0.5, 0.6) is 0 Å². The first-order valence-electron chi connectivity index (χ1n) is 5.63. The van der Waals surface area contributed by atoms with Crippen molar-refractivity contribution in [2.24, 2.45) is 0 Å². The maximum absolute atomic E-state index is 11.7. The van der Waals surface area contributed by atoms with Crippen LogP contribution in [0.4, 0.5) is 6.01 Å². The lowest BCUT2D eigenvalue weighted by molar-refractivity contribution is -0.142. The zero-order chi connectivity index (χ0) is 13.1. The number of aromatic nitrogens is 2. The zero-order valence-corrected chi connectivity index (χ0v) is 9.92. The minimum absolute atomic E-state index is 0.0123. The zero-order valence-electron chi connectivity index (χ0n) is 9.92. The highest BCUT2D eigenvalue weighted by atomic mass is 16.4. The second kappa shape index (κ2) is 5.13. The Balaban J connectivity index is 1.89. The second-order valence-corrected chi connectivity index (χ2v) is 4.14. The van der Waals surface area contributed by atoms with Gasteiger partial charge in [0.25, 0.3) is 0 Å². The van der Waals surface area contributed by atoms with E-state index in [0.717, 1.165) is 6.42 Å². The summed E-state index contributed by atoms with van der Waals surface area (Å²) < 4.78 is 5.00. The number of hydrogen-bond donors (Lipinski definition) is 2. The average molecular weight is 254 g/mol. The molecule has 98 valence electrons. The van der Waals surface area contributed by atoms with Crippen molar-refractivity contribution in [3.63, 3.8) is 0 Å². The SMILES string of the molecule is Cc1nnc(NC(=O)CN2CCCC2C(=O)O)o1. The summed E-state index contributed by atoms with van der Waals surface area (Å²) in [5.74, 6) is -0.893. The molecule has 0 aliphatic carbocycles. The number of carbonyl (C=O) groups excluding carboxylic acids is 1. The Morgan fingerprint density at radius 1 is 1.56 bits per heavy atom. The van der Waals surface area contributed by atoms with Gasteiger partial charge in [-0.25, -0.2) is 0 Å². The molecule has 1 aromatic heterocycles. The molecule has 2 N–H and O–H groups in total. The molecule has 0 radical (unpaired) electrons. The molecule has 8 nitrogen and oxygen atoms in total. The summed E-state index contributed by atoms with van der Waals surface area (Å²) in [5, 5.41) is 18.6. The van der Waals surface area contributed by atoms with Crippen LogP contribution in [-0.2, 0) is 9.59 Å². The van der Waals surface area contributed by atoms with Gasteiger partial charge in [0.1, 0.15) is 6.04 Å². The highest BCUT2D eigenvalue weighted by Crippen LogP contribution is 2.17. The van der Waals surface area contributed by atoms with Crippen molar-refractivity contribution in [2.75, 3.05) is 18.4 Å². The molecule has 1 atom stereocenters. The Morgan fingerprint density at radius 3 is 2.94 bits per heavy atom. The van der Waals surface area contributed by atoms with Gasteiger partial charge in [0.05, 0.1) is 6.54 Å². The summed E-state index contributed by atoms with van der Waals surface area (Å²) in [6.45, 7) is 2.23. The van der Waals surface area contributed by atoms with Crippen molar-refractivity contribution in [1.82, 2.24) is 15.1 Å². The molecular formula is C10H14N4O4. The Bertz CT molecular complexity index is 458. The molecule has 8 heteroatoms. The Labute approximate surface area is 103 Å². The number of anilines is 1. The molecule has 18 heavy (non-hydrogen) atoms. The predicted octanol–water partition coefficient (Wildman–Crippen LogP) is -0.134. The van der Waals surface area contributed by atoms with Crippen LogP contribution in [0.25, 0.3) is 0 Å². The van der Waals surface area contributed by atoms with Crippen LogP contribution < -0.4 is 5.32 Å². The van der Waals surface area contributed by atoms with Crippen molar-refractivity contribution < 1.29 is 19.1 Å². The fourth-order valence-electron chi connectivity index (χ4n) is 1.99. The standard InChI is InChI=1S/C10H14N4O4/c1-6-12-13-10(18-6)11-8(15)5-14-4-2-3-7(14)9(16)17/h7H,2-5H2,1H3,(H,16,17)(H,11,13,15). The molecule has 1 saturated heterocycles. The molecule has 0 bridgehead atoms. The number of hydrogen-bond acceptors (Lipinski definition) is 6. The van der Waals surface area contributed by atoms with Crippen LogP contribution in [0.15, 0.2) is 4.42 Å². The number of rotatable bonds is 4. The van der Waals surface area contributed by atoms with Crippen LogP contribution >= 0.6 is 0 Å². The minimum Gasteiger partial charge on any atom is -0.480 e. The number of nitrogens with zero attached hydrogens (tertiary/aromatic N) is 3. The van der Waals surface area contributed by atoms with Crippen molar-refractivity contribution >= 4 is 17.9 Å². The lowest BCUT2D eigenvalue weighted by Crippen LogP contribution is -2.40. The third-order valence-electron chi connectivity index (χ3n) is 2.77. The number of amides is 1. The summed E-state index contributed by atoms with van der Waals surface area (Å²) in [5.41, 5.74) is 0. The van der Waals surface area contributed by atoms with E-state index >= 15 is 0 Å². The molecule has 1 amide bonds. The van der Waals surface area contributed by atoms with Crippen molar-refractivity contribution in [1.29, 1.82) is 0 Å². The molecule has 2 heterocycles. The minimum atomic E-state index is -0.895. The number of carbonyl (C=O) groups is 2. The van der Waals surface area contributed by atoms with E-state index in [2.05, 4.69) is 15.5 Å². The lowest BCUT2D eigenvalue weighted by atomic mass is 10.2. The number of aryl methyl sites for hydroxylation is 1. The Hall–Kier alpha value is -1.96. The van der Waals surface area contributed by atoms with E-state index in [-0.39, 0.29) is 18.5 Å². The third-order valence-corrected chi connectivity index (χ3v) is 2.77. The Morgan fingerprint density at radius 2 is 2.33 bits per heavy atom. The first-order chi connectivity index (χ1) is 8.56. The van der Waals surface area contributed by atoms with Crippen LogP contribution in [0.1, 0.15) is 18.7 Å². The van der Waals surface area contributed by atoms with E-state index in [1.54, 1.807) is 11.8 Å². The summed E-state index contributed by atoms with van der Waals surface area (Å²) in [7, 11) is 0. The van der Waals surface area contributed by atoms with Crippen LogP contribution in [0.2, 0.25) is 0 Å².